The van der Waals surface area contributed by atoms with E-state index in [1.165, 1.54) is 32.7 Å². The SMILES string of the molecule is Brc1cc2c(cc1-c1cccc3ccccc13)N(c1ccccc1)c1cc(-c3cccc4ccccc34)c(Br)cc1O2. The standard InChI is InChI=1S/C38H23Br2NO/c39-33-22-37-35(20-31(33)29-18-8-12-24-10-4-6-16-27(24)29)41(26-14-2-1-3-15-26)36-21-32(34(40)23-38(36)42-37)30-19-9-13-25-11-5-7-17-28(25)30/h1-23H. The number of rotatable bonds is 3. The second-order valence-corrected chi connectivity index (χ2v) is 12.1. The van der Waals surface area contributed by atoms with E-state index in [4.69, 9.17) is 4.74 Å². The van der Waals surface area contributed by atoms with Crippen LogP contribution in [0.25, 0.3) is 43.8 Å². The molecular formula is C38H23Br2NO. The maximum atomic E-state index is 6.65. The predicted molar refractivity (Wildman–Crippen MR) is 182 cm³/mol. The lowest BCUT2D eigenvalue weighted by Gasteiger charge is -2.34. The van der Waals surface area contributed by atoms with Crippen molar-refractivity contribution in [1.29, 1.82) is 0 Å². The van der Waals surface area contributed by atoms with Crippen molar-refractivity contribution in [2.75, 3.05) is 4.90 Å². The zero-order valence-corrected chi connectivity index (χ0v) is 25.6. The second kappa shape index (κ2) is 10.2. The summed E-state index contributed by atoms with van der Waals surface area (Å²) in [7, 11) is 0. The molecule has 1 aliphatic heterocycles. The monoisotopic (exact) mass is 667 g/mol. The van der Waals surface area contributed by atoms with Crippen molar-refractivity contribution in [1.82, 2.24) is 0 Å². The Bertz CT molecular complexity index is 2010. The molecule has 200 valence electrons. The van der Waals surface area contributed by atoms with E-state index in [1.54, 1.807) is 0 Å². The summed E-state index contributed by atoms with van der Waals surface area (Å²) in [6.07, 6.45) is 0. The van der Waals surface area contributed by atoms with E-state index < -0.39 is 0 Å². The van der Waals surface area contributed by atoms with Gasteiger partial charge in [0.25, 0.3) is 0 Å². The predicted octanol–water partition coefficient (Wildman–Crippen LogP) is 12.4. The fourth-order valence-corrected chi connectivity index (χ4v) is 7.11. The first-order valence-electron chi connectivity index (χ1n) is 13.8. The molecule has 0 saturated heterocycles. The van der Waals surface area contributed by atoms with Crippen molar-refractivity contribution in [3.8, 4) is 33.8 Å². The number of hydrogen-bond acceptors (Lipinski definition) is 2. The van der Waals surface area contributed by atoms with Crippen molar-refractivity contribution >= 4 is 70.5 Å². The minimum atomic E-state index is 0.798. The maximum absolute atomic E-state index is 6.65. The first kappa shape index (κ1) is 25.3. The summed E-state index contributed by atoms with van der Waals surface area (Å²) < 4.78 is 8.62. The highest BCUT2D eigenvalue weighted by molar-refractivity contribution is 9.11. The lowest BCUT2D eigenvalue weighted by atomic mass is 9.95. The first-order chi connectivity index (χ1) is 20.7. The average molecular weight is 669 g/mol. The van der Waals surface area contributed by atoms with Crippen LogP contribution in [0.15, 0.2) is 148 Å². The summed E-state index contributed by atoms with van der Waals surface area (Å²) in [5.74, 6) is 1.60. The molecule has 0 atom stereocenters. The Morgan fingerprint density at radius 3 is 1.40 bits per heavy atom. The van der Waals surface area contributed by atoms with Gasteiger partial charge < -0.3 is 9.64 Å². The largest absolute Gasteiger partial charge is 0.453 e. The second-order valence-electron chi connectivity index (χ2n) is 10.4. The topological polar surface area (TPSA) is 12.5 Å². The molecule has 0 aliphatic carbocycles. The van der Waals surface area contributed by atoms with Crippen LogP contribution in [0.5, 0.6) is 11.5 Å². The third kappa shape index (κ3) is 4.13. The quantitative estimate of drug-likeness (QED) is 0.186. The summed E-state index contributed by atoms with van der Waals surface area (Å²) in [6, 6.07) is 49.2. The molecule has 42 heavy (non-hydrogen) atoms. The molecular weight excluding hydrogens is 646 g/mol. The summed E-state index contributed by atoms with van der Waals surface area (Å²) in [5, 5.41) is 4.86. The van der Waals surface area contributed by atoms with Gasteiger partial charge in [-0.15, -0.1) is 0 Å². The first-order valence-corrected chi connectivity index (χ1v) is 15.4. The van der Waals surface area contributed by atoms with Gasteiger partial charge in [0.1, 0.15) is 0 Å². The molecule has 8 rings (SSSR count). The van der Waals surface area contributed by atoms with Gasteiger partial charge in [-0.2, -0.15) is 0 Å². The lowest BCUT2D eigenvalue weighted by Crippen LogP contribution is -2.16. The number of benzene rings is 7. The Kier molecular flexibility index (Phi) is 6.13. The molecule has 0 aromatic heterocycles. The third-order valence-electron chi connectivity index (χ3n) is 7.97. The summed E-state index contributed by atoms with van der Waals surface area (Å²) >= 11 is 7.77. The van der Waals surface area contributed by atoms with E-state index >= 15 is 0 Å². The molecule has 2 nitrogen and oxygen atoms in total. The molecule has 1 heterocycles. The van der Waals surface area contributed by atoms with Gasteiger partial charge in [-0.3, -0.25) is 0 Å². The van der Waals surface area contributed by atoms with Crippen LogP contribution in [0.3, 0.4) is 0 Å². The van der Waals surface area contributed by atoms with Crippen LogP contribution in [-0.2, 0) is 0 Å². The van der Waals surface area contributed by atoms with E-state index in [1.807, 2.05) is 0 Å². The Labute approximate surface area is 261 Å². The van der Waals surface area contributed by atoms with Crippen molar-refractivity contribution in [3.05, 3.63) is 148 Å². The fourth-order valence-electron chi connectivity index (χ4n) is 6.04. The molecule has 7 aromatic rings. The number of nitrogens with zero attached hydrogens (tertiary/aromatic N) is 1. The number of halogens is 2. The van der Waals surface area contributed by atoms with E-state index in [9.17, 15) is 0 Å². The Morgan fingerprint density at radius 1 is 0.429 bits per heavy atom. The van der Waals surface area contributed by atoms with Crippen molar-refractivity contribution in [3.63, 3.8) is 0 Å². The summed E-state index contributed by atoms with van der Waals surface area (Å²) in [4.78, 5) is 2.32. The van der Waals surface area contributed by atoms with Crippen LogP contribution in [0.4, 0.5) is 17.1 Å². The third-order valence-corrected chi connectivity index (χ3v) is 9.29. The molecule has 0 spiro atoms. The maximum Gasteiger partial charge on any atom is 0.152 e. The summed E-state index contributed by atoms with van der Waals surface area (Å²) in [5.41, 5.74) is 7.63. The highest BCUT2D eigenvalue weighted by atomic mass is 79.9. The highest BCUT2D eigenvalue weighted by Crippen LogP contribution is 2.55. The number of anilines is 3. The number of hydrogen-bond donors (Lipinski definition) is 0. The van der Waals surface area contributed by atoms with E-state index in [2.05, 4.69) is 176 Å². The van der Waals surface area contributed by atoms with Crippen molar-refractivity contribution in [2.45, 2.75) is 0 Å². The van der Waals surface area contributed by atoms with Gasteiger partial charge in [0, 0.05) is 14.6 Å². The van der Waals surface area contributed by atoms with Crippen LogP contribution in [-0.4, -0.2) is 0 Å². The Balaban J connectivity index is 1.37. The van der Waals surface area contributed by atoms with Gasteiger partial charge in [0.2, 0.25) is 0 Å². The highest BCUT2D eigenvalue weighted by Gasteiger charge is 2.29. The smallest absolute Gasteiger partial charge is 0.152 e. The molecule has 0 fully saturated rings. The zero-order valence-electron chi connectivity index (χ0n) is 22.4. The molecule has 4 heteroatoms. The van der Waals surface area contributed by atoms with Crippen LogP contribution in [0.2, 0.25) is 0 Å². The number of para-hydroxylation sites is 1. The molecule has 0 N–H and O–H groups in total. The van der Waals surface area contributed by atoms with Gasteiger partial charge in [-0.05, 0) is 80.2 Å². The van der Waals surface area contributed by atoms with Crippen LogP contribution < -0.4 is 9.64 Å². The normalized spacial score (nSPS) is 12.2. The summed E-state index contributed by atoms with van der Waals surface area (Å²) in [6.45, 7) is 0. The number of fused-ring (bicyclic) bond motifs is 4. The van der Waals surface area contributed by atoms with Crippen molar-refractivity contribution in [2.24, 2.45) is 0 Å². The van der Waals surface area contributed by atoms with Gasteiger partial charge in [-0.1, -0.05) is 135 Å². The van der Waals surface area contributed by atoms with Gasteiger partial charge >= 0.3 is 0 Å². The van der Waals surface area contributed by atoms with E-state index in [-0.39, 0.29) is 0 Å². The Hall–Kier alpha value is -4.38. The molecule has 7 aromatic carbocycles. The number of ether oxygens (including phenoxy) is 1. The van der Waals surface area contributed by atoms with E-state index in [0.717, 1.165) is 48.6 Å². The molecule has 0 unspecified atom stereocenters. The van der Waals surface area contributed by atoms with Crippen LogP contribution in [0, 0.1) is 0 Å². The fraction of sp³-hybridized carbons (Fsp3) is 0. The minimum absolute atomic E-state index is 0.798. The lowest BCUT2D eigenvalue weighted by molar-refractivity contribution is 0.476. The Morgan fingerprint density at radius 2 is 0.881 bits per heavy atom. The van der Waals surface area contributed by atoms with Gasteiger partial charge in [-0.25, -0.2) is 0 Å². The van der Waals surface area contributed by atoms with Gasteiger partial charge in [0.05, 0.1) is 11.4 Å². The molecule has 0 amide bonds. The van der Waals surface area contributed by atoms with Gasteiger partial charge in [0.15, 0.2) is 11.5 Å². The molecule has 0 radical (unpaired) electrons. The van der Waals surface area contributed by atoms with E-state index in [0.29, 0.717) is 0 Å². The molecule has 0 bridgehead atoms. The zero-order chi connectivity index (χ0) is 28.2. The molecule has 1 aliphatic rings. The van der Waals surface area contributed by atoms with Crippen molar-refractivity contribution < 1.29 is 4.74 Å². The van der Waals surface area contributed by atoms with Crippen LogP contribution in [0.1, 0.15) is 0 Å². The minimum Gasteiger partial charge on any atom is -0.453 e. The van der Waals surface area contributed by atoms with Crippen LogP contribution >= 0.6 is 31.9 Å². The molecule has 0 saturated carbocycles. The average Bonchev–Trinajstić information content (AvgIpc) is 3.03.